The number of piperidine rings is 1. The molecule has 1 saturated heterocycles. The molecule has 0 saturated carbocycles. The summed E-state index contributed by atoms with van der Waals surface area (Å²) in [5, 5.41) is 4.03. The zero-order valence-corrected chi connectivity index (χ0v) is 16.0. The van der Waals surface area contributed by atoms with Crippen LogP contribution in [0.1, 0.15) is 51.2 Å². The number of likely N-dealkylation sites (tertiary alicyclic amines) is 1. The first-order valence-corrected chi connectivity index (χ1v) is 9.41. The molecule has 2 aliphatic heterocycles. The Kier molecular flexibility index (Phi) is 5.12. The molecule has 1 aromatic rings. The van der Waals surface area contributed by atoms with Gasteiger partial charge in [0.25, 0.3) is 0 Å². The van der Waals surface area contributed by atoms with Crippen molar-refractivity contribution in [3.8, 4) is 0 Å². The van der Waals surface area contributed by atoms with Gasteiger partial charge >= 0.3 is 0 Å². The summed E-state index contributed by atoms with van der Waals surface area (Å²) in [5.41, 5.74) is 3.05. The molecule has 1 aromatic carbocycles. The number of halogens is 1. The van der Waals surface area contributed by atoms with Crippen LogP contribution in [0.2, 0.25) is 0 Å². The van der Waals surface area contributed by atoms with E-state index in [-0.39, 0.29) is 11.5 Å². The highest BCUT2D eigenvalue weighted by Crippen LogP contribution is 2.30. The summed E-state index contributed by atoms with van der Waals surface area (Å²) in [6, 6.07) is 9.14. The number of oxime groups is 1. The highest BCUT2D eigenvalue weighted by atomic mass is 79.9. The molecule has 0 spiro atoms. The van der Waals surface area contributed by atoms with Crippen molar-refractivity contribution in [2.75, 3.05) is 13.1 Å². The third-order valence-electron chi connectivity index (χ3n) is 5.04. The SMILES string of the molecule is CC(C)(C)c1ccc(CN2CCC([C@@H]3CC(Br)=NO3)CC2)cc1. The predicted molar refractivity (Wildman–Crippen MR) is 99.0 cm³/mol. The van der Waals surface area contributed by atoms with E-state index in [2.05, 4.69) is 71.0 Å². The number of nitrogens with zero attached hydrogens (tertiary/aromatic N) is 2. The van der Waals surface area contributed by atoms with Crippen molar-refractivity contribution in [3.63, 3.8) is 0 Å². The third-order valence-corrected chi connectivity index (χ3v) is 5.51. The third kappa shape index (κ3) is 4.36. The smallest absolute Gasteiger partial charge is 0.136 e. The van der Waals surface area contributed by atoms with Gasteiger partial charge in [-0.3, -0.25) is 4.90 Å². The fourth-order valence-corrected chi connectivity index (χ4v) is 3.87. The fraction of sp³-hybridized carbons (Fsp3) is 0.632. The van der Waals surface area contributed by atoms with Gasteiger partial charge in [-0.15, -0.1) is 0 Å². The Hall–Kier alpha value is -0.870. The first kappa shape index (κ1) is 17.0. The van der Waals surface area contributed by atoms with E-state index in [4.69, 9.17) is 4.84 Å². The maximum atomic E-state index is 5.53. The van der Waals surface area contributed by atoms with Crippen molar-refractivity contribution in [1.29, 1.82) is 0 Å². The van der Waals surface area contributed by atoms with E-state index in [0.29, 0.717) is 5.92 Å². The molecule has 23 heavy (non-hydrogen) atoms. The summed E-state index contributed by atoms with van der Waals surface area (Å²) in [6.45, 7) is 10.2. The van der Waals surface area contributed by atoms with Crippen LogP contribution in [0.25, 0.3) is 0 Å². The van der Waals surface area contributed by atoms with Gasteiger partial charge in [0.05, 0.1) is 0 Å². The Morgan fingerprint density at radius 1 is 1.17 bits per heavy atom. The lowest BCUT2D eigenvalue weighted by molar-refractivity contribution is 0.0127. The van der Waals surface area contributed by atoms with Crippen LogP contribution in [0.4, 0.5) is 0 Å². The zero-order valence-electron chi connectivity index (χ0n) is 14.4. The van der Waals surface area contributed by atoms with Crippen LogP contribution in [0.5, 0.6) is 0 Å². The molecule has 0 unspecified atom stereocenters. The van der Waals surface area contributed by atoms with E-state index in [1.807, 2.05) is 0 Å². The van der Waals surface area contributed by atoms with Gasteiger partial charge in [0.1, 0.15) is 10.7 Å². The summed E-state index contributed by atoms with van der Waals surface area (Å²) >= 11 is 3.44. The van der Waals surface area contributed by atoms with Crippen LogP contribution in [0, 0.1) is 5.92 Å². The molecule has 1 atom stereocenters. The molecule has 2 aliphatic rings. The fourth-order valence-electron chi connectivity index (χ4n) is 3.47. The van der Waals surface area contributed by atoms with E-state index in [0.717, 1.165) is 30.7 Å². The molecule has 0 amide bonds. The summed E-state index contributed by atoms with van der Waals surface area (Å²) < 4.78 is 0.962. The number of benzene rings is 1. The van der Waals surface area contributed by atoms with Crippen LogP contribution < -0.4 is 0 Å². The molecule has 0 aromatic heterocycles. The van der Waals surface area contributed by atoms with Crippen molar-refractivity contribution in [2.45, 2.75) is 58.1 Å². The Balaban J connectivity index is 1.49. The molecule has 126 valence electrons. The number of rotatable bonds is 3. The van der Waals surface area contributed by atoms with Crippen molar-refractivity contribution in [1.82, 2.24) is 4.90 Å². The van der Waals surface area contributed by atoms with Crippen LogP contribution in [0.15, 0.2) is 29.4 Å². The Bertz CT molecular complexity index is 554. The van der Waals surface area contributed by atoms with Gasteiger partial charge in [0.2, 0.25) is 0 Å². The highest BCUT2D eigenvalue weighted by Gasteiger charge is 2.31. The molecule has 1 fully saturated rings. The van der Waals surface area contributed by atoms with E-state index in [1.54, 1.807) is 0 Å². The topological polar surface area (TPSA) is 24.8 Å². The molecule has 3 nitrogen and oxygen atoms in total. The molecule has 0 aliphatic carbocycles. The van der Waals surface area contributed by atoms with E-state index < -0.39 is 0 Å². The lowest BCUT2D eigenvalue weighted by Gasteiger charge is -2.33. The quantitative estimate of drug-likeness (QED) is 0.761. The average Bonchev–Trinajstić information content (AvgIpc) is 2.94. The highest BCUT2D eigenvalue weighted by molar-refractivity contribution is 9.18. The van der Waals surface area contributed by atoms with Crippen molar-refractivity contribution in [2.24, 2.45) is 11.1 Å². The van der Waals surface area contributed by atoms with Gasteiger partial charge in [-0.2, -0.15) is 0 Å². The normalized spacial score (nSPS) is 23.7. The summed E-state index contributed by atoms with van der Waals surface area (Å²) in [7, 11) is 0. The van der Waals surface area contributed by atoms with Crippen molar-refractivity contribution in [3.05, 3.63) is 35.4 Å². The number of hydrogen-bond donors (Lipinski definition) is 0. The molecule has 2 heterocycles. The van der Waals surface area contributed by atoms with Crippen LogP contribution in [-0.4, -0.2) is 28.7 Å². The number of hydrogen-bond acceptors (Lipinski definition) is 3. The van der Waals surface area contributed by atoms with Gasteiger partial charge in [-0.05, 0) is 58.4 Å². The Labute approximate surface area is 148 Å². The first-order valence-electron chi connectivity index (χ1n) is 8.62. The minimum atomic E-state index is 0.231. The maximum Gasteiger partial charge on any atom is 0.136 e. The summed E-state index contributed by atoms with van der Waals surface area (Å²) in [6.07, 6.45) is 3.65. The molecule has 3 rings (SSSR count). The summed E-state index contributed by atoms with van der Waals surface area (Å²) in [4.78, 5) is 8.09. The Morgan fingerprint density at radius 2 is 1.83 bits per heavy atom. The van der Waals surface area contributed by atoms with Crippen molar-refractivity contribution < 1.29 is 4.84 Å². The van der Waals surface area contributed by atoms with Gasteiger partial charge in [-0.25, -0.2) is 0 Å². The lowest BCUT2D eigenvalue weighted by Crippen LogP contribution is -2.37. The van der Waals surface area contributed by atoms with Gasteiger partial charge in [0, 0.05) is 18.9 Å². The summed E-state index contributed by atoms with van der Waals surface area (Å²) in [5.74, 6) is 0.647. The maximum absolute atomic E-state index is 5.53. The van der Waals surface area contributed by atoms with E-state index >= 15 is 0 Å². The minimum Gasteiger partial charge on any atom is -0.391 e. The van der Waals surface area contributed by atoms with E-state index in [9.17, 15) is 0 Å². The van der Waals surface area contributed by atoms with E-state index in [1.165, 1.54) is 24.0 Å². The van der Waals surface area contributed by atoms with Gasteiger partial charge in [-0.1, -0.05) is 50.2 Å². The largest absolute Gasteiger partial charge is 0.391 e. The lowest BCUT2D eigenvalue weighted by atomic mass is 9.86. The van der Waals surface area contributed by atoms with Crippen LogP contribution in [-0.2, 0) is 16.8 Å². The van der Waals surface area contributed by atoms with Crippen LogP contribution in [0.3, 0.4) is 0 Å². The van der Waals surface area contributed by atoms with Gasteiger partial charge < -0.3 is 4.84 Å². The second kappa shape index (κ2) is 6.94. The second-order valence-electron chi connectivity index (χ2n) is 7.88. The standard InChI is InChI=1S/C19H27BrN2O/c1-19(2,3)16-6-4-14(5-7-16)13-22-10-8-15(9-11-22)17-12-18(20)21-23-17/h4-7,15,17H,8-13H2,1-3H3/t17-/m0/s1. The molecule has 0 bridgehead atoms. The molecule has 0 N–H and O–H groups in total. The molecule has 4 heteroatoms. The molecular weight excluding hydrogens is 352 g/mol. The first-order chi connectivity index (χ1) is 10.9. The Morgan fingerprint density at radius 3 is 2.35 bits per heavy atom. The molecular formula is C19H27BrN2O. The van der Waals surface area contributed by atoms with Crippen LogP contribution >= 0.6 is 15.9 Å². The minimum absolute atomic E-state index is 0.231. The molecule has 0 radical (unpaired) electrons. The van der Waals surface area contributed by atoms with Crippen molar-refractivity contribution >= 4 is 20.6 Å². The predicted octanol–water partition coefficient (Wildman–Crippen LogP) is 4.69. The second-order valence-corrected chi connectivity index (χ2v) is 8.79. The monoisotopic (exact) mass is 378 g/mol. The zero-order chi connectivity index (χ0) is 16.4. The van der Waals surface area contributed by atoms with Gasteiger partial charge in [0.15, 0.2) is 0 Å². The average molecular weight is 379 g/mol.